The van der Waals surface area contributed by atoms with Crippen LogP contribution in [0.2, 0.25) is 0 Å². The first-order chi connectivity index (χ1) is 37.0. The second-order valence-corrected chi connectivity index (χ2v) is 19.6. The predicted octanol–water partition coefficient (Wildman–Crippen LogP) is 14.7. The molecule has 4 aromatic carbocycles. The van der Waals surface area contributed by atoms with E-state index < -0.39 is 40.6 Å². The highest BCUT2D eigenvalue weighted by Gasteiger charge is 2.49. The van der Waals surface area contributed by atoms with Gasteiger partial charge in [0.2, 0.25) is 0 Å². The number of rotatable bonds is 14. The average Bonchev–Trinajstić information content (AvgIpc) is 4.13. The van der Waals surface area contributed by atoms with Gasteiger partial charge >= 0.3 is 6.09 Å². The summed E-state index contributed by atoms with van der Waals surface area (Å²) in [5, 5.41) is 37.5. The lowest BCUT2D eigenvalue weighted by atomic mass is 10.0. The van der Waals surface area contributed by atoms with E-state index in [2.05, 4.69) is 32.8 Å². The summed E-state index contributed by atoms with van der Waals surface area (Å²) in [5.41, 5.74) is 3.74. The molecular formula is C61H54F4N6O5. The van der Waals surface area contributed by atoms with Crippen molar-refractivity contribution < 1.29 is 42.4 Å². The number of phenolic OH excluding ortho intramolecular Hbond substituents is 3. The highest BCUT2D eigenvalue weighted by molar-refractivity contribution is 6.00. The summed E-state index contributed by atoms with van der Waals surface area (Å²) in [5.74, 6) is -4.89. The molecule has 1 amide bonds. The van der Waals surface area contributed by atoms with Crippen LogP contribution >= 0.6 is 0 Å². The molecule has 0 radical (unpaired) electrons. The zero-order valence-corrected chi connectivity index (χ0v) is 41.3. The number of anilines is 1. The van der Waals surface area contributed by atoms with E-state index in [4.69, 9.17) is 14.7 Å². The summed E-state index contributed by atoms with van der Waals surface area (Å²) in [6.07, 6.45) is 17.5. The van der Waals surface area contributed by atoms with Crippen LogP contribution in [0.25, 0.3) is 90.9 Å². The first kappa shape index (κ1) is 49.6. The molecule has 1 fully saturated rings. The Hall–Kier alpha value is -8.59. The second-order valence-electron chi connectivity index (χ2n) is 19.6. The smallest absolute Gasteiger partial charge is 0.407 e. The number of carbonyl (C=O) groups is 1. The van der Waals surface area contributed by atoms with Crippen LogP contribution in [0, 0.1) is 41.0 Å². The number of aromatic hydroxyl groups is 3. The quantitative estimate of drug-likeness (QED) is 0.0244. The molecule has 1 saturated carbocycles. The van der Waals surface area contributed by atoms with Crippen molar-refractivity contribution in [1.29, 1.82) is 0 Å². The van der Waals surface area contributed by atoms with Gasteiger partial charge in [-0.25, -0.2) is 32.3 Å². The molecule has 0 saturated heterocycles. The van der Waals surface area contributed by atoms with Crippen molar-refractivity contribution in [3.05, 3.63) is 155 Å². The molecule has 5 heterocycles. The van der Waals surface area contributed by atoms with Crippen molar-refractivity contribution in [3.8, 4) is 61.8 Å². The molecule has 0 spiro atoms. The third-order valence-corrected chi connectivity index (χ3v) is 14.8. The van der Waals surface area contributed by atoms with Gasteiger partial charge in [-0.05, 0) is 158 Å². The maximum Gasteiger partial charge on any atom is 0.407 e. The maximum atomic E-state index is 16.9. The molecule has 11 nitrogen and oxygen atoms in total. The van der Waals surface area contributed by atoms with Crippen LogP contribution in [0.4, 0.5) is 28.0 Å². The number of amides is 1. The molecule has 8 bridgehead atoms. The number of nitrogens with zero attached hydrogens (tertiary/aromatic N) is 2. The zero-order valence-electron chi connectivity index (χ0n) is 41.3. The number of benzene rings is 4. The van der Waals surface area contributed by atoms with Gasteiger partial charge in [-0.15, -0.1) is 0 Å². The lowest BCUT2D eigenvalue weighted by Crippen LogP contribution is -2.26. The fraction of sp³-hybridized carbons (Fsp3) is 0.230. The number of aromatic amines is 2. The minimum absolute atomic E-state index is 0.0113. The van der Waals surface area contributed by atoms with E-state index in [9.17, 15) is 20.1 Å². The summed E-state index contributed by atoms with van der Waals surface area (Å²) >= 11 is 0. The van der Waals surface area contributed by atoms with Gasteiger partial charge in [0.25, 0.3) is 0 Å². The number of allylic oxidation sites excluding steroid dienone is 2. The van der Waals surface area contributed by atoms with Gasteiger partial charge in [-0.3, -0.25) is 0 Å². The first-order valence-electron chi connectivity index (χ1n) is 25.7. The van der Waals surface area contributed by atoms with Crippen molar-refractivity contribution in [1.82, 2.24) is 25.3 Å². The number of fused-ring (bicyclic) bond motifs is 9. The van der Waals surface area contributed by atoms with E-state index in [1.165, 1.54) is 24.3 Å². The molecular weight excluding hydrogens is 973 g/mol. The SMILES string of the molecule is O=C(NCCCCCCNc1c(F)c(F)c(-c2c3nc(c(-c4cccc(O)c4)c4ccc([nH]4)c(-c4cccc(O)c4)c4nc(c(-c5cccc(O)c5)c5ccc2[nH]5)C=C4)C=C3)c(F)c1F)OC[C@@H]1[C@@H]2CC/C=C\CC[C@@H]21. The summed E-state index contributed by atoms with van der Waals surface area (Å²) in [6.45, 7) is 0.840. The number of unbranched alkanes of at least 4 members (excludes halogenated alkanes) is 3. The lowest BCUT2D eigenvalue weighted by Gasteiger charge is -2.14. The van der Waals surface area contributed by atoms with Crippen molar-refractivity contribution >= 4 is 58.2 Å². The molecule has 2 aliphatic carbocycles. The predicted molar refractivity (Wildman–Crippen MR) is 290 cm³/mol. The molecule has 3 aromatic heterocycles. The molecule has 0 unspecified atom stereocenters. The van der Waals surface area contributed by atoms with Gasteiger partial charge in [0.1, 0.15) is 22.9 Å². The Balaban J connectivity index is 0.946. The maximum absolute atomic E-state index is 16.9. The number of hydrogen-bond acceptors (Lipinski definition) is 8. The fourth-order valence-electron chi connectivity index (χ4n) is 11.0. The van der Waals surface area contributed by atoms with Crippen LogP contribution in [0.15, 0.2) is 109 Å². The largest absolute Gasteiger partial charge is 0.508 e. The van der Waals surface area contributed by atoms with Gasteiger partial charge < -0.3 is 40.7 Å². The molecule has 76 heavy (non-hydrogen) atoms. The Morgan fingerprint density at radius 1 is 0.539 bits per heavy atom. The molecule has 4 aliphatic rings. The molecule has 3 atom stereocenters. The highest BCUT2D eigenvalue weighted by Crippen LogP contribution is 2.53. The molecule has 7 N–H and O–H groups in total. The third-order valence-electron chi connectivity index (χ3n) is 14.8. The molecule has 386 valence electrons. The van der Waals surface area contributed by atoms with E-state index in [0.29, 0.717) is 118 Å². The van der Waals surface area contributed by atoms with E-state index in [-0.39, 0.29) is 46.3 Å². The van der Waals surface area contributed by atoms with Gasteiger partial charge in [0.15, 0.2) is 23.3 Å². The second kappa shape index (κ2) is 21.3. The number of phenols is 3. The van der Waals surface area contributed by atoms with Gasteiger partial charge in [0, 0.05) is 57.4 Å². The third kappa shape index (κ3) is 10.0. The number of nitrogens with one attached hydrogen (secondary N) is 4. The van der Waals surface area contributed by atoms with Crippen LogP contribution in [0.3, 0.4) is 0 Å². The Kier molecular flexibility index (Phi) is 13.9. The normalized spacial score (nSPS) is 16.9. The van der Waals surface area contributed by atoms with Gasteiger partial charge in [-0.2, -0.15) is 0 Å². The number of aromatic nitrogens is 4. The Labute approximate surface area is 435 Å². The van der Waals surface area contributed by atoms with E-state index >= 15 is 17.6 Å². The fourth-order valence-corrected chi connectivity index (χ4v) is 11.0. The average molecular weight is 1030 g/mol. The number of halogens is 4. The monoisotopic (exact) mass is 1030 g/mol. The van der Waals surface area contributed by atoms with E-state index in [1.54, 1.807) is 72.8 Å². The van der Waals surface area contributed by atoms with Crippen molar-refractivity contribution in [2.45, 2.75) is 51.4 Å². The number of alkyl carbamates (subject to hydrolysis) is 1. The highest BCUT2D eigenvalue weighted by atomic mass is 19.2. The van der Waals surface area contributed by atoms with E-state index in [1.807, 2.05) is 24.3 Å². The number of hydrogen-bond donors (Lipinski definition) is 7. The van der Waals surface area contributed by atoms with E-state index in [0.717, 1.165) is 25.7 Å². The summed E-state index contributed by atoms with van der Waals surface area (Å²) in [6, 6.07) is 26.5. The summed E-state index contributed by atoms with van der Waals surface area (Å²) in [7, 11) is 0. The first-order valence-corrected chi connectivity index (χ1v) is 25.7. The van der Waals surface area contributed by atoms with Crippen molar-refractivity contribution in [2.75, 3.05) is 25.0 Å². The number of carbonyl (C=O) groups excluding carboxylic acids is 1. The zero-order chi connectivity index (χ0) is 52.5. The molecule has 7 aromatic rings. The Morgan fingerprint density at radius 3 is 1.41 bits per heavy atom. The molecule has 2 aliphatic heterocycles. The van der Waals surface area contributed by atoms with Crippen LogP contribution in [0.5, 0.6) is 17.2 Å². The Morgan fingerprint density at radius 2 is 0.961 bits per heavy atom. The van der Waals surface area contributed by atoms with Crippen LogP contribution in [-0.2, 0) is 4.74 Å². The molecule has 11 rings (SSSR count). The minimum Gasteiger partial charge on any atom is -0.508 e. The Bertz CT molecular complexity index is 3590. The van der Waals surface area contributed by atoms with Crippen LogP contribution in [0.1, 0.15) is 74.1 Å². The number of ether oxygens (including phenoxy) is 1. The van der Waals surface area contributed by atoms with Crippen molar-refractivity contribution in [3.63, 3.8) is 0 Å². The van der Waals surface area contributed by atoms with Crippen LogP contribution in [-0.4, -0.2) is 61.0 Å². The minimum atomic E-state index is -1.64. The van der Waals surface area contributed by atoms with Gasteiger partial charge in [0.05, 0.1) is 34.9 Å². The topological polar surface area (TPSA) is 168 Å². The van der Waals surface area contributed by atoms with Crippen LogP contribution < -0.4 is 10.6 Å². The van der Waals surface area contributed by atoms with Crippen molar-refractivity contribution in [2.24, 2.45) is 17.8 Å². The number of H-pyrrole nitrogens is 2. The lowest BCUT2D eigenvalue weighted by molar-refractivity contribution is 0.137. The van der Waals surface area contributed by atoms with Gasteiger partial charge in [-0.1, -0.05) is 61.4 Å². The molecule has 15 heteroatoms. The summed E-state index contributed by atoms with van der Waals surface area (Å²) in [4.78, 5) is 29.2. The summed E-state index contributed by atoms with van der Waals surface area (Å²) < 4.78 is 72.3. The standard InChI is InChI=1S/C61H54F4N6O5/c62-56-55(57(63)59(65)60(58(56)64)66-28-7-3-4-8-29-67-61(75)76-33-42-40-18-5-1-2-6-19-41(40)42)54-49-26-24-47(70-49)52(35-13-10-16-38(73)31-35)45-22-20-43(68-45)51(34-12-9-15-37(72)30-34)44-21-23-46(69-44)53(48-25-27-50(54)71-48)36-14-11-17-39(74)32-36/h1-2,9-17,20-27,30-32,40-42,66,68,71-74H,3-8,18-19,28-29,33H2,(H,67,75)/b2-1-,51-43?,51-44?,52-45?,52-47?,53-46?,53-48?,54-49?,54-50?/t40-,41+,42-.